The number of hydrogen-bond donors (Lipinski definition) is 2. The van der Waals surface area contributed by atoms with Gasteiger partial charge in [-0.25, -0.2) is 9.97 Å². The van der Waals surface area contributed by atoms with Gasteiger partial charge in [-0.2, -0.15) is 4.39 Å². The number of aromatic amines is 1. The Labute approximate surface area is 141 Å². The molecular formula is C15H15ClFN5O2. The van der Waals surface area contributed by atoms with Crippen molar-refractivity contribution in [3.63, 3.8) is 0 Å². The third-order valence-electron chi connectivity index (χ3n) is 4.25. The quantitative estimate of drug-likeness (QED) is 0.779. The molecule has 126 valence electrons. The molecule has 2 aromatic rings. The van der Waals surface area contributed by atoms with Crippen molar-refractivity contribution in [1.82, 2.24) is 20.3 Å². The van der Waals surface area contributed by atoms with Crippen molar-refractivity contribution in [2.24, 2.45) is 0 Å². The van der Waals surface area contributed by atoms with Gasteiger partial charge in [-0.15, -0.1) is 0 Å². The highest BCUT2D eigenvalue weighted by Crippen LogP contribution is 2.28. The van der Waals surface area contributed by atoms with E-state index in [1.807, 2.05) is 4.90 Å². The maximum absolute atomic E-state index is 13.3. The molecule has 2 atom stereocenters. The molecule has 0 aromatic carbocycles. The molecule has 2 saturated heterocycles. The summed E-state index contributed by atoms with van der Waals surface area (Å²) in [6.07, 6.45) is 1.36. The number of rotatable bonds is 2. The second-order valence-electron chi connectivity index (χ2n) is 5.79. The number of hydrogen-bond acceptors (Lipinski definition) is 6. The summed E-state index contributed by atoms with van der Waals surface area (Å²) in [5.41, 5.74) is -0.0267. The summed E-state index contributed by atoms with van der Waals surface area (Å²) in [5, 5.41) is 3.41. The predicted molar refractivity (Wildman–Crippen MR) is 86.8 cm³/mol. The van der Waals surface area contributed by atoms with Gasteiger partial charge in [0, 0.05) is 37.5 Å². The highest BCUT2D eigenvalue weighted by molar-refractivity contribution is 6.32. The minimum Gasteiger partial charge on any atom is -0.373 e. The first-order chi connectivity index (χ1) is 11.6. The van der Waals surface area contributed by atoms with E-state index in [1.54, 1.807) is 6.07 Å². The van der Waals surface area contributed by atoms with E-state index in [1.165, 1.54) is 12.3 Å². The lowest BCUT2D eigenvalue weighted by molar-refractivity contribution is 0.0212. The van der Waals surface area contributed by atoms with Crippen molar-refractivity contribution in [1.29, 1.82) is 0 Å². The molecule has 2 fully saturated rings. The third-order valence-corrected chi connectivity index (χ3v) is 4.59. The number of nitrogens with one attached hydrogen (secondary N) is 2. The molecule has 2 N–H and O–H groups in total. The molecule has 0 unspecified atom stereocenters. The third kappa shape index (κ3) is 2.77. The summed E-state index contributed by atoms with van der Waals surface area (Å²) in [5.74, 6) is -0.00618. The van der Waals surface area contributed by atoms with Crippen molar-refractivity contribution in [3.05, 3.63) is 39.7 Å². The summed E-state index contributed by atoms with van der Waals surface area (Å²) in [4.78, 5) is 24.6. The first kappa shape index (κ1) is 15.5. The predicted octanol–water partition coefficient (Wildman–Crippen LogP) is 0.801. The summed E-state index contributed by atoms with van der Waals surface area (Å²) in [6.45, 7) is 2.70. The zero-order chi connectivity index (χ0) is 16.7. The van der Waals surface area contributed by atoms with E-state index >= 15 is 0 Å². The highest BCUT2D eigenvalue weighted by Gasteiger charge is 2.37. The Hall–Kier alpha value is -2.03. The minimum absolute atomic E-state index is 0.0203. The van der Waals surface area contributed by atoms with E-state index in [0.29, 0.717) is 31.1 Å². The maximum Gasteiger partial charge on any atom is 0.272 e. The fourth-order valence-electron chi connectivity index (χ4n) is 3.11. The van der Waals surface area contributed by atoms with Crippen LogP contribution < -0.4 is 15.8 Å². The van der Waals surface area contributed by atoms with Crippen molar-refractivity contribution in [2.75, 3.05) is 31.1 Å². The Bertz CT molecular complexity index is 816. The largest absolute Gasteiger partial charge is 0.373 e. The monoisotopic (exact) mass is 351 g/mol. The topological polar surface area (TPSA) is 83.1 Å². The number of ether oxygens (including phenoxy) is 1. The van der Waals surface area contributed by atoms with Gasteiger partial charge < -0.3 is 19.9 Å². The van der Waals surface area contributed by atoms with Crippen LogP contribution in [0.25, 0.3) is 11.4 Å². The molecule has 4 heterocycles. The number of H-pyrrole nitrogens is 1. The zero-order valence-corrected chi connectivity index (χ0v) is 13.4. The van der Waals surface area contributed by atoms with Gasteiger partial charge in [-0.1, -0.05) is 11.6 Å². The normalized spacial score (nSPS) is 23.3. The number of pyridine rings is 1. The Morgan fingerprint density at radius 2 is 2.29 bits per heavy atom. The van der Waals surface area contributed by atoms with E-state index in [-0.39, 0.29) is 23.0 Å². The second-order valence-corrected chi connectivity index (χ2v) is 6.17. The molecular weight excluding hydrogens is 337 g/mol. The van der Waals surface area contributed by atoms with Gasteiger partial charge in [0.25, 0.3) is 5.56 Å². The number of anilines is 1. The number of aromatic nitrogens is 3. The van der Waals surface area contributed by atoms with Crippen LogP contribution in [-0.4, -0.2) is 53.3 Å². The van der Waals surface area contributed by atoms with Crippen LogP contribution in [0.15, 0.2) is 23.1 Å². The van der Waals surface area contributed by atoms with Crippen molar-refractivity contribution >= 4 is 17.4 Å². The number of nitrogens with zero attached hydrogens (tertiary/aromatic N) is 3. The Kier molecular flexibility index (Phi) is 3.95. The first-order valence-corrected chi connectivity index (χ1v) is 8.01. The van der Waals surface area contributed by atoms with Gasteiger partial charge in [0.05, 0.1) is 18.8 Å². The molecule has 0 spiro atoms. The van der Waals surface area contributed by atoms with Crippen LogP contribution in [0.1, 0.15) is 0 Å². The zero-order valence-electron chi connectivity index (χ0n) is 12.6. The Morgan fingerprint density at radius 3 is 3.08 bits per heavy atom. The molecule has 0 radical (unpaired) electrons. The fraction of sp³-hybridized carbons (Fsp3) is 0.400. The van der Waals surface area contributed by atoms with E-state index in [2.05, 4.69) is 20.3 Å². The molecule has 2 aliphatic heterocycles. The molecule has 2 aromatic heterocycles. The SMILES string of the molecule is O=c1[nH]c(-c2ccnc(F)c2)nc(N2C[C@H]3NCCO[C@@H]3C2)c1Cl. The van der Waals surface area contributed by atoms with Crippen LogP contribution in [0.3, 0.4) is 0 Å². The summed E-state index contributed by atoms with van der Waals surface area (Å²) >= 11 is 6.17. The van der Waals surface area contributed by atoms with Gasteiger partial charge in [0.1, 0.15) is 10.8 Å². The van der Waals surface area contributed by atoms with E-state index in [9.17, 15) is 9.18 Å². The smallest absolute Gasteiger partial charge is 0.272 e. The highest BCUT2D eigenvalue weighted by atomic mass is 35.5. The van der Waals surface area contributed by atoms with Crippen LogP contribution in [0, 0.1) is 5.95 Å². The van der Waals surface area contributed by atoms with Crippen molar-refractivity contribution < 1.29 is 9.13 Å². The van der Waals surface area contributed by atoms with Crippen LogP contribution in [0.4, 0.5) is 10.2 Å². The van der Waals surface area contributed by atoms with Crippen molar-refractivity contribution in [2.45, 2.75) is 12.1 Å². The average Bonchev–Trinajstić information content (AvgIpc) is 3.01. The summed E-state index contributed by atoms with van der Waals surface area (Å²) in [6, 6.07) is 2.97. The lowest BCUT2D eigenvalue weighted by Gasteiger charge is -2.25. The van der Waals surface area contributed by atoms with E-state index in [4.69, 9.17) is 16.3 Å². The Morgan fingerprint density at radius 1 is 1.42 bits per heavy atom. The fourth-order valence-corrected chi connectivity index (χ4v) is 3.32. The van der Waals surface area contributed by atoms with E-state index in [0.717, 1.165) is 6.54 Å². The molecule has 0 bridgehead atoms. The average molecular weight is 352 g/mol. The van der Waals surface area contributed by atoms with Gasteiger partial charge >= 0.3 is 0 Å². The molecule has 0 aliphatic carbocycles. The van der Waals surface area contributed by atoms with Crippen LogP contribution in [0.2, 0.25) is 5.02 Å². The van der Waals surface area contributed by atoms with Gasteiger partial charge in [-0.05, 0) is 6.07 Å². The lowest BCUT2D eigenvalue weighted by Crippen LogP contribution is -2.47. The first-order valence-electron chi connectivity index (χ1n) is 7.63. The lowest BCUT2D eigenvalue weighted by atomic mass is 10.2. The van der Waals surface area contributed by atoms with Gasteiger partial charge in [0.2, 0.25) is 5.95 Å². The van der Waals surface area contributed by atoms with Crippen molar-refractivity contribution in [3.8, 4) is 11.4 Å². The molecule has 9 heteroatoms. The molecule has 0 saturated carbocycles. The summed E-state index contributed by atoms with van der Waals surface area (Å²) < 4.78 is 19.1. The molecule has 4 rings (SSSR count). The van der Waals surface area contributed by atoms with Gasteiger partial charge in [0.15, 0.2) is 5.82 Å². The van der Waals surface area contributed by atoms with E-state index < -0.39 is 11.5 Å². The standard InChI is InChI=1S/C15H15ClFN5O2/c16-12-14(22-6-9-10(7-22)24-4-3-18-9)20-13(21-15(12)23)8-1-2-19-11(17)5-8/h1-2,5,9-10,18H,3-4,6-7H2,(H,20,21,23)/t9-,10-/m1/s1. The van der Waals surface area contributed by atoms with Gasteiger partial charge in [-0.3, -0.25) is 4.79 Å². The maximum atomic E-state index is 13.3. The number of halogens is 2. The Balaban J connectivity index is 1.72. The van der Waals surface area contributed by atoms with Crippen LogP contribution in [-0.2, 0) is 4.74 Å². The second kappa shape index (κ2) is 6.12. The molecule has 0 amide bonds. The molecule has 7 nitrogen and oxygen atoms in total. The number of fused-ring (bicyclic) bond motifs is 1. The summed E-state index contributed by atoms with van der Waals surface area (Å²) in [7, 11) is 0. The van der Waals surface area contributed by atoms with Crippen LogP contribution >= 0.6 is 11.6 Å². The number of morpholine rings is 1. The van der Waals surface area contributed by atoms with Crippen LogP contribution in [0.5, 0.6) is 0 Å². The molecule has 24 heavy (non-hydrogen) atoms. The molecule has 2 aliphatic rings. The minimum atomic E-state index is -0.642.